The normalized spacial score (nSPS) is 21.5. The van der Waals surface area contributed by atoms with Crippen molar-refractivity contribution < 1.29 is 4.92 Å². The summed E-state index contributed by atoms with van der Waals surface area (Å²) in [6.07, 6.45) is 6.51. The van der Waals surface area contributed by atoms with Gasteiger partial charge in [-0.05, 0) is 31.4 Å². The number of aliphatic imine (C=N–C) groups is 1. The van der Waals surface area contributed by atoms with Crippen LogP contribution < -0.4 is 0 Å². The van der Waals surface area contributed by atoms with Crippen LogP contribution in [0.4, 0.5) is 11.4 Å². The standard InChI is InChI=1S/C16H21N3O2S/c1-12-11-14(19(20)21)7-8-15(12)17-16-18(9-10-22-16)13-5-3-2-4-6-13/h7-8,11,13H,2-6,9-10H2,1H3. The maximum absolute atomic E-state index is 10.8. The van der Waals surface area contributed by atoms with E-state index < -0.39 is 0 Å². The molecule has 0 spiro atoms. The van der Waals surface area contributed by atoms with E-state index in [9.17, 15) is 10.1 Å². The van der Waals surface area contributed by atoms with Gasteiger partial charge in [0, 0.05) is 30.5 Å². The number of rotatable bonds is 3. The van der Waals surface area contributed by atoms with E-state index in [0.29, 0.717) is 6.04 Å². The highest BCUT2D eigenvalue weighted by Gasteiger charge is 2.28. The lowest BCUT2D eigenvalue weighted by atomic mass is 9.94. The molecule has 1 aliphatic carbocycles. The van der Waals surface area contributed by atoms with Gasteiger partial charge in [0.05, 0.1) is 10.6 Å². The summed E-state index contributed by atoms with van der Waals surface area (Å²) in [7, 11) is 0. The SMILES string of the molecule is Cc1cc([N+](=O)[O-])ccc1N=C1SCCN1C1CCCCC1. The first-order valence-corrected chi connectivity index (χ1v) is 8.87. The summed E-state index contributed by atoms with van der Waals surface area (Å²) < 4.78 is 0. The van der Waals surface area contributed by atoms with Gasteiger partial charge in [0.25, 0.3) is 5.69 Å². The number of nitro benzene ring substituents is 1. The number of benzene rings is 1. The van der Waals surface area contributed by atoms with E-state index in [1.807, 2.05) is 6.92 Å². The molecule has 3 rings (SSSR count). The van der Waals surface area contributed by atoms with Crippen LogP contribution in [0.1, 0.15) is 37.7 Å². The Balaban J connectivity index is 1.82. The van der Waals surface area contributed by atoms with Crippen molar-refractivity contribution in [1.82, 2.24) is 4.90 Å². The molecule has 2 fully saturated rings. The van der Waals surface area contributed by atoms with Gasteiger partial charge in [0.1, 0.15) is 0 Å². The van der Waals surface area contributed by atoms with Gasteiger partial charge in [0.2, 0.25) is 0 Å². The third kappa shape index (κ3) is 3.27. The minimum atomic E-state index is -0.359. The number of amidine groups is 1. The fraction of sp³-hybridized carbons (Fsp3) is 0.562. The summed E-state index contributed by atoms with van der Waals surface area (Å²) in [5, 5.41) is 11.9. The Morgan fingerprint density at radius 1 is 1.32 bits per heavy atom. The molecule has 1 aliphatic heterocycles. The molecule has 1 saturated heterocycles. The number of thioether (sulfide) groups is 1. The zero-order chi connectivity index (χ0) is 15.5. The van der Waals surface area contributed by atoms with Gasteiger partial charge in [-0.25, -0.2) is 4.99 Å². The molecule has 118 valence electrons. The van der Waals surface area contributed by atoms with E-state index in [1.54, 1.807) is 23.9 Å². The average Bonchev–Trinajstić information content (AvgIpc) is 2.98. The van der Waals surface area contributed by atoms with Crippen molar-refractivity contribution >= 4 is 28.3 Å². The highest BCUT2D eigenvalue weighted by molar-refractivity contribution is 8.14. The Labute approximate surface area is 135 Å². The van der Waals surface area contributed by atoms with Crippen molar-refractivity contribution in [2.75, 3.05) is 12.3 Å². The molecule has 1 aromatic carbocycles. The highest BCUT2D eigenvalue weighted by atomic mass is 32.2. The fourth-order valence-corrected chi connectivity index (χ4v) is 4.26. The Bertz CT molecular complexity index is 597. The van der Waals surface area contributed by atoms with Crippen LogP contribution in [-0.4, -0.2) is 33.3 Å². The summed E-state index contributed by atoms with van der Waals surface area (Å²) >= 11 is 1.80. The fourth-order valence-electron chi connectivity index (χ4n) is 3.22. The zero-order valence-electron chi connectivity index (χ0n) is 12.8. The van der Waals surface area contributed by atoms with Crippen LogP contribution in [0.25, 0.3) is 0 Å². The maximum atomic E-state index is 10.8. The van der Waals surface area contributed by atoms with Gasteiger partial charge in [-0.1, -0.05) is 31.0 Å². The molecule has 1 heterocycles. The monoisotopic (exact) mass is 319 g/mol. The predicted molar refractivity (Wildman–Crippen MR) is 91.0 cm³/mol. The van der Waals surface area contributed by atoms with Crippen molar-refractivity contribution in [3.63, 3.8) is 0 Å². The number of nitro groups is 1. The molecule has 1 aromatic rings. The van der Waals surface area contributed by atoms with E-state index in [0.717, 1.165) is 28.7 Å². The number of nitrogens with zero attached hydrogens (tertiary/aromatic N) is 3. The van der Waals surface area contributed by atoms with Gasteiger partial charge in [-0.3, -0.25) is 10.1 Å². The minimum Gasteiger partial charge on any atom is -0.347 e. The quantitative estimate of drug-likeness (QED) is 0.616. The summed E-state index contributed by atoms with van der Waals surface area (Å²) in [6, 6.07) is 5.53. The third-order valence-electron chi connectivity index (χ3n) is 4.43. The number of hydrogen-bond donors (Lipinski definition) is 0. The topological polar surface area (TPSA) is 58.7 Å². The number of non-ortho nitro benzene ring substituents is 1. The number of hydrogen-bond acceptors (Lipinski definition) is 4. The summed E-state index contributed by atoms with van der Waals surface area (Å²) in [6.45, 7) is 2.96. The zero-order valence-corrected chi connectivity index (χ0v) is 13.6. The lowest BCUT2D eigenvalue weighted by molar-refractivity contribution is -0.384. The van der Waals surface area contributed by atoms with Crippen LogP contribution in [-0.2, 0) is 0 Å². The second kappa shape index (κ2) is 6.69. The molecule has 0 amide bonds. The Morgan fingerprint density at radius 3 is 2.77 bits per heavy atom. The van der Waals surface area contributed by atoms with Crippen molar-refractivity contribution in [3.05, 3.63) is 33.9 Å². The lowest BCUT2D eigenvalue weighted by Gasteiger charge is -2.32. The number of aryl methyl sites for hydroxylation is 1. The van der Waals surface area contributed by atoms with Gasteiger partial charge in [-0.2, -0.15) is 0 Å². The van der Waals surface area contributed by atoms with Crippen molar-refractivity contribution in [2.45, 2.75) is 45.1 Å². The van der Waals surface area contributed by atoms with Crippen LogP contribution in [0, 0.1) is 17.0 Å². The molecule has 0 aromatic heterocycles. The largest absolute Gasteiger partial charge is 0.347 e. The van der Waals surface area contributed by atoms with Crippen LogP contribution in [0.15, 0.2) is 23.2 Å². The molecule has 0 unspecified atom stereocenters. The van der Waals surface area contributed by atoms with Crippen LogP contribution >= 0.6 is 11.8 Å². The second-order valence-corrected chi connectivity index (χ2v) is 7.02. The van der Waals surface area contributed by atoms with Gasteiger partial charge < -0.3 is 4.90 Å². The van der Waals surface area contributed by atoms with Crippen molar-refractivity contribution in [2.24, 2.45) is 4.99 Å². The smallest absolute Gasteiger partial charge is 0.269 e. The molecular formula is C16H21N3O2S. The first-order chi connectivity index (χ1) is 10.6. The summed E-state index contributed by atoms with van der Waals surface area (Å²) in [5.41, 5.74) is 1.83. The molecule has 22 heavy (non-hydrogen) atoms. The van der Waals surface area contributed by atoms with Gasteiger partial charge in [-0.15, -0.1) is 0 Å². The first kappa shape index (κ1) is 15.3. The molecule has 5 nitrogen and oxygen atoms in total. The van der Waals surface area contributed by atoms with Gasteiger partial charge >= 0.3 is 0 Å². The maximum Gasteiger partial charge on any atom is 0.269 e. The van der Waals surface area contributed by atoms with E-state index in [1.165, 1.54) is 38.2 Å². The lowest BCUT2D eigenvalue weighted by Crippen LogP contribution is -2.37. The third-order valence-corrected chi connectivity index (χ3v) is 5.40. The molecule has 6 heteroatoms. The van der Waals surface area contributed by atoms with Crippen molar-refractivity contribution in [3.8, 4) is 0 Å². The summed E-state index contributed by atoms with van der Waals surface area (Å²) in [5.74, 6) is 1.08. The van der Waals surface area contributed by atoms with E-state index >= 15 is 0 Å². The molecule has 1 saturated carbocycles. The predicted octanol–water partition coefficient (Wildman–Crippen LogP) is 4.27. The Hall–Kier alpha value is -1.56. The van der Waals surface area contributed by atoms with Crippen LogP contribution in [0.2, 0.25) is 0 Å². The molecule has 0 atom stereocenters. The van der Waals surface area contributed by atoms with Crippen molar-refractivity contribution in [1.29, 1.82) is 0 Å². The van der Waals surface area contributed by atoms with Crippen LogP contribution in [0.5, 0.6) is 0 Å². The average molecular weight is 319 g/mol. The highest BCUT2D eigenvalue weighted by Crippen LogP contribution is 2.32. The Morgan fingerprint density at radius 2 is 2.09 bits per heavy atom. The molecule has 0 bridgehead atoms. The van der Waals surface area contributed by atoms with Crippen LogP contribution in [0.3, 0.4) is 0 Å². The first-order valence-electron chi connectivity index (χ1n) is 7.88. The molecule has 0 N–H and O–H groups in total. The summed E-state index contributed by atoms with van der Waals surface area (Å²) in [4.78, 5) is 17.7. The van der Waals surface area contributed by atoms with E-state index in [2.05, 4.69) is 4.90 Å². The molecule has 0 radical (unpaired) electrons. The minimum absolute atomic E-state index is 0.129. The van der Waals surface area contributed by atoms with Gasteiger partial charge in [0.15, 0.2) is 5.17 Å². The second-order valence-electron chi connectivity index (χ2n) is 5.96. The molecule has 2 aliphatic rings. The molecular weight excluding hydrogens is 298 g/mol. The van der Waals surface area contributed by atoms with E-state index in [-0.39, 0.29) is 10.6 Å². The Kier molecular flexibility index (Phi) is 4.66. The van der Waals surface area contributed by atoms with E-state index in [4.69, 9.17) is 4.99 Å².